The van der Waals surface area contributed by atoms with Crippen LogP contribution in [0, 0.1) is 5.82 Å². The third kappa shape index (κ3) is 4.82. The van der Waals surface area contributed by atoms with Gasteiger partial charge in [-0.1, -0.05) is 29.3 Å². The number of piperidine rings is 1. The second-order valence-corrected chi connectivity index (χ2v) is 7.00. The normalized spacial score (nSPS) is 16.3. The first kappa shape index (κ1) is 18.4. The largest absolute Gasteiger partial charge is 0.373 e. The lowest BCUT2D eigenvalue weighted by Gasteiger charge is -2.31. The minimum atomic E-state index is -0.342. The monoisotopic (exact) mass is 384 g/mol. The molecule has 0 amide bonds. The average molecular weight is 385 g/mol. The lowest BCUT2D eigenvalue weighted by atomic mass is 10.1. The van der Waals surface area contributed by atoms with Crippen molar-refractivity contribution in [2.75, 3.05) is 13.1 Å². The molecule has 0 saturated carbocycles. The van der Waals surface area contributed by atoms with E-state index in [1.807, 2.05) is 0 Å². The highest BCUT2D eigenvalue weighted by Crippen LogP contribution is 2.23. The molecule has 3 rings (SSSR count). The van der Waals surface area contributed by atoms with E-state index in [0.29, 0.717) is 27.7 Å². The first-order valence-electron chi connectivity index (χ1n) is 8.17. The number of benzene rings is 1. The number of ether oxygens (including phenoxy) is 1. The molecule has 1 N–H and O–H groups in total. The maximum atomic E-state index is 13.8. The molecule has 7 heteroatoms. The molecule has 1 aliphatic rings. The van der Waals surface area contributed by atoms with Gasteiger partial charge in [0.2, 0.25) is 0 Å². The Morgan fingerprint density at radius 1 is 1.28 bits per heavy atom. The summed E-state index contributed by atoms with van der Waals surface area (Å²) in [7, 11) is 0. The van der Waals surface area contributed by atoms with E-state index in [0.717, 1.165) is 25.9 Å². The molecule has 1 aromatic carbocycles. The Balaban J connectivity index is 1.50. The van der Waals surface area contributed by atoms with Gasteiger partial charge >= 0.3 is 0 Å². The zero-order chi connectivity index (χ0) is 17.8. The molecule has 0 atom stereocenters. The fourth-order valence-corrected chi connectivity index (χ4v) is 3.37. The maximum absolute atomic E-state index is 13.8. The number of aromatic amines is 1. The molecular formula is C18H19Cl2FN2O2. The van der Waals surface area contributed by atoms with E-state index in [2.05, 4.69) is 9.88 Å². The Kier molecular flexibility index (Phi) is 6.12. The van der Waals surface area contributed by atoms with Crippen LogP contribution in [0.4, 0.5) is 4.39 Å². The maximum Gasteiger partial charge on any atom is 0.252 e. The fourth-order valence-electron chi connectivity index (χ4n) is 2.96. The number of halogens is 3. The Labute approximate surface area is 155 Å². The van der Waals surface area contributed by atoms with Crippen LogP contribution in [0.5, 0.6) is 0 Å². The summed E-state index contributed by atoms with van der Waals surface area (Å²) < 4.78 is 19.6. The third-order valence-electron chi connectivity index (χ3n) is 4.40. The molecule has 1 fully saturated rings. The molecule has 0 radical (unpaired) electrons. The van der Waals surface area contributed by atoms with Crippen LogP contribution < -0.4 is 5.56 Å². The Morgan fingerprint density at radius 3 is 2.76 bits per heavy atom. The van der Waals surface area contributed by atoms with Crippen LogP contribution in [0.2, 0.25) is 10.0 Å². The van der Waals surface area contributed by atoms with E-state index >= 15 is 0 Å². The van der Waals surface area contributed by atoms with E-state index in [1.165, 1.54) is 12.3 Å². The molecule has 4 nitrogen and oxygen atoms in total. The summed E-state index contributed by atoms with van der Waals surface area (Å²) in [6.07, 6.45) is 3.20. The smallest absolute Gasteiger partial charge is 0.252 e. The first-order chi connectivity index (χ1) is 12.0. The lowest BCUT2D eigenvalue weighted by Crippen LogP contribution is -2.37. The number of nitrogens with one attached hydrogen (secondary N) is 1. The molecular weight excluding hydrogens is 366 g/mol. The number of hydrogen-bond acceptors (Lipinski definition) is 3. The summed E-state index contributed by atoms with van der Waals surface area (Å²) in [5.41, 5.74) is 0.944. The van der Waals surface area contributed by atoms with Crippen molar-refractivity contribution in [3.05, 3.63) is 67.8 Å². The topological polar surface area (TPSA) is 45.3 Å². The molecule has 2 aromatic rings. The van der Waals surface area contributed by atoms with E-state index in [1.54, 1.807) is 18.2 Å². The highest BCUT2D eigenvalue weighted by Gasteiger charge is 2.21. The van der Waals surface area contributed by atoms with Crippen molar-refractivity contribution in [1.82, 2.24) is 9.88 Å². The van der Waals surface area contributed by atoms with Gasteiger partial charge in [-0.2, -0.15) is 0 Å². The van der Waals surface area contributed by atoms with Crippen LogP contribution in [0.3, 0.4) is 0 Å². The van der Waals surface area contributed by atoms with Crippen LogP contribution in [-0.2, 0) is 17.9 Å². The minimum absolute atomic E-state index is 0.0598. The van der Waals surface area contributed by atoms with Crippen molar-refractivity contribution in [2.24, 2.45) is 0 Å². The van der Waals surface area contributed by atoms with Gasteiger partial charge in [0.25, 0.3) is 5.56 Å². The summed E-state index contributed by atoms with van der Waals surface area (Å²) in [5, 5.41) is 0.909. The Morgan fingerprint density at radius 2 is 2.04 bits per heavy atom. The predicted molar refractivity (Wildman–Crippen MR) is 96.6 cm³/mol. The zero-order valence-electron chi connectivity index (χ0n) is 13.6. The summed E-state index contributed by atoms with van der Waals surface area (Å²) in [5.74, 6) is -0.342. The molecule has 134 valence electrons. The second kappa shape index (κ2) is 8.32. The molecule has 25 heavy (non-hydrogen) atoms. The van der Waals surface area contributed by atoms with Crippen LogP contribution in [-0.4, -0.2) is 29.1 Å². The van der Waals surface area contributed by atoms with E-state index in [9.17, 15) is 9.18 Å². The molecule has 1 aliphatic heterocycles. The summed E-state index contributed by atoms with van der Waals surface area (Å²) in [4.78, 5) is 16.6. The van der Waals surface area contributed by atoms with Gasteiger partial charge in [0.05, 0.1) is 17.7 Å². The summed E-state index contributed by atoms with van der Waals surface area (Å²) in [6, 6.07) is 6.32. The molecule has 0 spiro atoms. The van der Waals surface area contributed by atoms with Crippen molar-refractivity contribution in [1.29, 1.82) is 0 Å². The van der Waals surface area contributed by atoms with E-state index < -0.39 is 0 Å². The van der Waals surface area contributed by atoms with Crippen LogP contribution in [0.25, 0.3) is 0 Å². The van der Waals surface area contributed by atoms with Gasteiger partial charge in [-0.05, 0) is 31.0 Å². The number of likely N-dealkylation sites (tertiary alicyclic amines) is 1. The van der Waals surface area contributed by atoms with Crippen LogP contribution in [0.1, 0.15) is 24.0 Å². The summed E-state index contributed by atoms with van der Waals surface area (Å²) >= 11 is 11.9. The molecule has 2 heterocycles. The molecule has 0 aliphatic carbocycles. The fraction of sp³-hybridized carbons (Fsp3) is 0.389. The van der Waals surface area contributed by atoms with Gasteiger partial charge < -0.3 is 9.72 Å². The predicted octanol–water partition coefficient (Wildman–Crippen LogP) is 4.00. The first-order valence-corrected chi connectivity index (χ1v) is 8.92. The molecule has 1 aromatic heterocycles. The number of hydrogen-bond donors (Lipinski definition) is 1. The van der Waals surface area contributed by atoms with Gasteiger partial charge in [0, 0.05) is 42.0 Å². The minimum Gasteiger partial charge on any atom is -0.373 e. The number of pyridine rings is 1. The number of H-pyrrole nitrogens is 1. The molecule has 0 unspecified atom stereocenters. The zero-order valence-corrected chi connectivity index (χ0v) is 15.1. The molecule has 0 bridgehead atoms. The van der Waals surface area contributed by atoms with Gasteiger partial charge in [-0.15, -0.1) is 0 Å². The standard InChI is InChI=1S/C18H19Cl2FN2O2/c19-13-8-12(18(24)22-9-13)10-23-6-4-14(5-7-23)25-11-15-16(20)2-1-3-17(15)21/h1-3,8-9,14H,4-7,10-11H2,(H,22,24). The highest BCUT2D eigenvalue weighted by molar-refractivity contribution is 6.31. The second-order valence-electron chi connectivity index (χ2n) is 6.16. The van der Waals surface area contributed by atoms with Gasteiger partial charge in [-0.25, -0.2) is 4.39 Å². The van der Waals surface area contributed by atoms with Crippen molar-refractivity contribution >= 4 is 23.2 Å². The number of nitrogens with zero attached hydrogens (tertiary/aromatic N) is 1. The van der Waals surface area contributed by atoms with Crippen LogP contribution >= 0.6 is 23.2 Å². The quantitative estimate of drug-likeness (QED) is 0.846. The van der Waals surface area contributed by atoms with Crippen molar-refractivity contribution in [3.8, 4) is 0 Å². The Bertz CT molecular complexity index is 769. The van der Waals surface area contributed by atoms with Gasteiger partial charge in [0.1, 0.15) is 5.82 Å². The van der Waals surface area contributed by atoms with Gasteiger partial charge in [-0.3, -0.25) is 9.69 Å². The number of aromatic nitrogens is 1. The third-order valence-corrected chi connectivity index (χ3v) is 4.97. The lowest BCUT2D eigenvalue weighted by molar-refractivity contribution is -0.00496. The van der Waals surface area contributed by atoms with E-state index in [-0.39, 0.29) is 24.1 Å². The summed E-state index contributed by atoms with van der Waals surface area (Å²) in [6.45, 7) is 2.34. The van der Waals surface area contributed by atoms with Crippen molar-refractivity contribution in [3.63, 3.8) is 0 Å². The average Bonchev–Trinajstić information content (AvgIpc) is 2.59. The van der Waals surface area contributed by atoms with Crippen LogP contribution in [0.15, 0.2) is 35.3 Å². The van der Waals surface area contributed by atoms with Gasteiger partial charge in [0.15, 0.2) is 0 Å². The number of rotatable bonds is 5. The SMILES string of the molecule is O=c1[nH]cc(Cl)cc1CN1CCC(OCc2c(F)cccc2Cl)CC1. The Hall–Kier alpha value is -1.40. The van der Waals surface area contributed by atoms with Crippen molar-refractivity contribution < 1.29 is 9.13 Å². The highest BCUT2D eigenvalue weighted by atomic mass is 35.5. The van der Waals surface area contributed by atoms with E-state index in [4.69, 9.17) is 27.9 Å². The molecule has 1 saturated heterocycles. The van der Waals surface area contributed by atoms with Crippen molar-refractivity contribution in [2.45, 2.75) is 32.1 Å².